The van der Waals surface area contributed by atoms with Crippen molar-refractivity contribution >= 4 is 27.7 Å². The molecule has 2 N–H and O–H groups in total. The van der Waals surface area contributed by atoms with Gasteiger partial charge in [0.2, 0.25) is 0 Å². The SMILES string of the molecule is CC(NCC1(O)CCSCC1)c1ccc(Br)cc1. The molecule has 0 aromatic heterocycles. The van der Waals surface area contributed by atoms with Crippen molar-refractivity contribution in [1.29, 1.82) is 0 Å². The van der Waals surface area contributed by atoms with E-state index in [-0.39, 0.29) is 6.04 Å². The van der Waals surface area contributed by atoms with Crippen molar-refractivity contribution in [3.05, 3.63) is 34.3 Å². The summed E-state index contributed by atoms with van der Waals surface area (Å²) in [6, 6.07) is 8.61. The van der Waals surface area contributed by atoms with Gasteiger partial charge in [-0.3, -0.25) is 0 Å². The number of hydrogen-bond donors (Lipinski definition) is 2. The zero-order valence-corrected chi connectivity index (χ0v) is 13.1. The summed E-state index contributed by atoms with van der Waals surface area (Å²) in [5, 5.41) is 13.9. The van der Waals surface area contributed by atoms with E-state index in [2.05, 4.69) is 52.4 Å². The molecule has 0 aliphatic carbocycles. The zero-order chi connectivity index (χ0) is 13.0. The number of nitrogens with one attached hydrogen (secondary N) is 1. The van der Waals surface area contributed by atoms with E-state index in [0.717, 1.165) is 28.8 Å². The molecule has 1 fully saturated rings. The van der Waals surface area contributed by atoms with E-state index in [9.17, 15) is 5.11 Å². The van der Waals surface area contributed by atoms with Gasteiger partial charge in [0.1, 0.15) is 0 Å². The summed E-state index contributed by atoms with van der Waals surface area (Å²) in [6.45, 7) is 2.83. The van der Waals surface area contributed by atoms with Crippen LogP contribution in [-0.4, -0.2) is 28.8 Å². The molecule has 1 heterocycles. The molecule has 18 heavy (non-hydrogen) atoms. The Hall–Kier alpha value is -0.0300. The summed E-state index contributed by atoms with van der Waals surface area (Å²) in [6.07, 6.45) is 1.80. The Morgan fingerprint density at radius 2 is 1.94 bits per heavy atom. The molecule has 100 valence electrons. The van der Waals surface area contributed by atoms with E-state index in [4.69, 9.17) is 0 Å². The first-order chi connectivity index (χ1) is 8.59. The van der Waals surface area contributed by atoms with E-state index in [1.54, 1.807) is 0 Å². The van der Waals surface area contributed by atoms with Crippen molar-refractivity contribution in [2.75, 3.05) is 18.1 Å². The third-order valence-corrected chi connectivity index (χ3v) is 5.05. The Labute approximate surface area is 122 Å². The fourth-order valence-electron chi connectivity index (χ4n) is 2.14. The van der Waals surface area contributed by atoms with Crippen LogP contribution in [0.2, 0.25) is 0 Å². The van der Waals surface area contributed by atoms with Crippen molar-refractivity contribution in [3.63, 3.8) is 0 Å². The van der Waals surface area contributed by atoms with Gasteiger partial charge in [-0.1, -0.05) is 28.1 Å². The highest BCUT2D eigenvalue weighted by atomic mass is 79.9. The first-order valence-electron chi connectivity index (χ1n) is 6.38. The monoisotopic (exact) mass is 329 g/mol. The predicted octanol–water partition coefficient (Wildman–Crippen LogP) is 3.36. The molecule has 2 rings (SSSR count). The lowest BCUT2D eigenvalue weighted by molar-refractivity contribution is 0.0300. The summed E-state index contributed by atoms with van der Waals surface area (Å²) >= 11 is 5.38. The predicted molar refractivity (Wildman–Crippen MR) is 82.1 cm³/mol. The quantitative estimate of drug-likeness (QED) is 0.888. The third kappa shape index (κ3) is 3.98. The smallest absolute Gasteiger partial charge is 0.0787 e. The average molecular weight is 330 g/mol. The van der Waals surface area contributed by atoms with Gasteiger partial charge in [-0.15, -0.1) is 0 Å². The Bertz CT molecular complexity index is 376. The van der Waals surface area contributed by atoms with Crippen LogP contribution in [0.1, 0.15) is 31.4 Å². The minimum absolute atomic E-state index is 0.275. The molecule has 1 aliphatic rings. The highest BCUT2D eigenvalue weighted by molar-refractivity contribution is 9.10. The van der Waals surface area contributed by atoms with Crippen LogP contribution in [0.5, 0.6) is 0 Å². The minimum Gasteiger partial charge on any atom is -0.389 e. The Morgan fingerprint density at radius 1 is 1.33 bits per heavy atom. The largest absolute Gasteiger partial charge is 0.389 e. The lowest BCUT2D eigenvalue weighted by Gasteiger charge is -2.33. The van der Waals surface area contributed by atoms with E-state index in [1.165, 1.54) is 5.56 Å². The zero-order valence-electron chi connectivity index (χ0n) is 10.7. The van der Waals surface area contributed by atoms with Gasteiger partial charge in [0.25, 0.3) is 0 Å². The first-order valence-corrected chi connectivity index (χ1v) is 8.33. The van der Waals surface area contributed by atoms with Crippen LogP contribution in [0, 0.1) is 0 Å². The molecule has 1 atom stereocenters. The Balaban J connectivity index is 1.87. The van der Waals surface area contributed by atoms with Gasteiger partial charge < -0.3 is 10.4 Å². The summed E-state index contributed by atoms with van der Waals surface area (Å²) in [5.74, 6) is 2.15. The van der Waals surface area contributed by atoms with Crippen molar-refractivity contribution in [2.24, 2.45) is 0 Å². The molecule has 2 nitrogen and oxygen atoms in total. The second kappa shape index (κ2) is 6.42. The van der Waals surface area contributed by atoms with E-state index >= 15 is 0 Å². The molecule has 1 aliphatic heterocycles. The lowest BCUT2D eigenvalue weighted by Crippen LogP contribution is -2.44. The maximum atomic E-state index is 10.4. The normalized spacial score (nSPS) is 20.6. The van der Waals surface area contributed by atoms with Crippen LogP contribution in [0.3, 0.4) is 0 Å². The van der Waals surface area contributed by atoms with Crippen LogP contribution in [0.15, 0.2) is 28.7 Å². The van der Waals surface area contributed by atoms with Crippen LogP contribution in [0.25, 0.3) is 0 Å². The van der Waals surface area contributed by atoms with Crippen molar-refractivity contribution in [2.45, 2.75) is 31.4 Å². The van der Waals surface area contributed by atoms with Crippen molar-refractivity contribution < 1.29 is 5.11 Å². The van der Waals surface area contributed by atoms with E-state index < -0.39 is 5.60 Å². The summed E-state index contributed by atoms with van der Waals surface area (Å²) in [7, 11) is 0. The average Bonchev–Trinajstić information content (AvgIpc) is 2.38. The second-order valence-corrected chi connectivity index (χ2v) is 7.13. The molecule has 0 spiro atoms. The summed E-state index contributed by atoms with van der Waals surface area (Å²) < 4.78 is 1.10. The molecule has 1 unspecified atom stereocenters. The number of thioether (sulfide) groups is 1. The third-order valence-electron chi connectivity index (χ3n) is 3.53. The summed E-state index contributed by atoms with van der Waals surface area (Å²) in [4.78, 5) is 0. The molecule has 0 amide bonds. The lowest BCUT2D eigenvalue weighted by atomic mass is 9.96. The number of hydrogen-bond acceptors (Lipinski definition) is 3. The van der Waals surface area contributed by atoms with E-state index in [0.29, 0.717) is 6.54 Å². The van der Waals surface area contributed by atoms with Crippen LogP contribution >= 0.6 is 27.7 Å². The molecule has 0 saturated carbocycles. The highest BCUT2D eigenvalue weighted by Gasteiger charge is 2.29. The first kappa shape index (κ1) is 14.4. The number of benzene rings is 1. The van der Waals surface area contributed by atoms with E-state index in [1.807, 2.05) is 11.8 Å². The van der Waals surface area contributed by atoms with Gasteiger partial charge in [0.15, 0.2) is 0 Å². The summed E-state index contributed by atoms with van der Waals surface area (Å²) in [5.41, 5.74) is 0.751. The second-order valence-electron chi connectivity index (χ2n) is 4.99. The van der Waals surface area contributed by atoms with Gasteiger partial charge in [0, 0.05) is 17.1 Å². The molecular formula is C14H20BrNOS. The van der Waals surface area contributed by atoms with Crippen LogP contribution < -0.4 is 5.32 Å². The number of rotatable bonds is 4. The van der Waals surface area contributed by atoms with Gasteiger partial charge in [-0.05, 0) is 49.0 Å². The van der Waals surface area contributed by atoms with Crippen LogP contribution in [-0.2, 0) is 0 Å². The Morgan fingerprint density at radius 3 is 2.56 bits per heavy atom. The van der Waals surface area contributed by atoms with Gasteiger partial charge in [0.05, 0.1) is 5.60 Å². The number of aliphatic hydroxyl groups is 1. The molecule has 1 saturated heterocycles. The molecule has 0 bridgehead atoms. The topological polar surface area (TPSA) is 32.3 Å². The van der Waals surface area contributed by atoms with Gasteiger partial charge >= 0.3 is 0 Å². The standard InChI is InChI=1S/C14H20BrNOS/c1-11(12-2-4-13(15)5-3-12)16-10-14(17)6-8-18-9-7-14/h2-5,11,16-17H,6-10H2,1H3. The fourth-order valence-corrected chi connectivity index (χ4v) is 3.66. The fraction of sp³-hybridized carbons (Fsp3) is 0.571. The maximum Gasteiger partial charge on any atom is 0.0787 e. The molecular weight excluding hydrogens is 310 g/mol. The Kier molecular flexibility index (Phi) is 5.13. The minimum atomic E-state index is -0.505. The molecule has 1 aromatic carbocycles. The van der Waals surface area contributed by atoms with Crippen molar-refractivity contribution in [1.82, 2.24) is 5.32 Å². The molecule has 4 heteroatoms. The van der Waals surface area contributed by atoms with Gasteiger partial charge in [-0.2, -0.15) is 11.8 Å². The van der Waals surface area contributed by atoms with Gasteiger partial charge in [-0.25, -0.2) is 0 Å². The van der Waals surface area contributed by atoms with Crippen LogP contribution in [0.4, 0.5) is 0 Å². The van der Waals surface area contributed by atoms with Crippen molar-refractivity contribution in [3.8, 4) is 0 Å². The molecule has 1 aromatic rings. The molecule has 0 radical (unpaired) electrons. The maximum absolute atomic E-state index is 10.4. The highest BCUT2D eigenvalue weighted by Crippen LogP contribution is 2.27. The number of halogens is 1.